The largest absolute Gasteiger partial charge is 0.333 e. The van der Waals surface area contributed by atoms with Gasteiger partial charge in [0, 0.05) is 12.2 Å². The quantitative estimate of drug-likeness (QED) is 0.652. The molecule has 82 valence electrons. The average Bonchev–Trinajstić information content (AvgIpc) is 2.61. The molecule has 1 aromatic heterocycles. The monoisotopic (exact) mass is 231 g/mol. The summed E-state index contributed by atoms with van der Waals surface area (Å²) >= 11 is 1.59. The summed E-state index contributed by atoms with van der Waals surface area (Å²) in [4.78, 5) is 7.75. The highest BCUT2D eigenvalue weighted by Gasteiger charge is 2.04. The Hall–Kier alpha value is -1.47. The fraction of sp³-hybridized carbons (Fsp3) is 0.333. The van der Waals surface area contributed by atoms with Crippen LogP contribution in [0.2, 0.25) is 0 Å². The van der Waals surface area contributed by atoms with Gasteiger partial charge in [0.25, 0.3) is 0 Å². The summed E-state index contributed by atoms with van der Waals surface area (Å²) in [7, 11) is 0. The molecule has 0 unspecified atom stereocenters. The molecule has 0 atom stereocenters. The number of nitriles is 1. The number of aromatic amines is 1. The molecule has 2 aromatic rings. The molecule has 0 spiro atoms. The van der Waals surface area contributed by atoms with E-state index in [2.05, 4.69) is 42.0 Å². The third-order valence-electron chi connectivity index (χ3n) is 2.53. The second-order valence-electron chi connectivity index (χ2n) is 3.75. The van der Waals surface area contributed by atoms with E-state index in [0.717, 1.165) is 21.9 Å². The smallest absolute Gasteiger partial charge is 0.166 e. The molecule has 0 aliphatic carbocycles. The summed E-state index contributed by atoms with van der Waals surface area (Å²) in [6.45, 7) is 4.18. The molecule has 16 heavy (non-hydrogen) atoms. The number of nitrogens with one attached hydrogen (secondary N) is 1. The minimum absolute atomic E-state index is 0.555. The van der Waals surface area contributed by atoms with Crippen molar-refractivity contribution in [2.75, 3.05) is 5.75 Å². The van der Waals surface area contributed by atoms with Gasteiger partial charge in [0.05, 0.1) is 17.1 Å². The number of aryl methyl sites for hydroxylation is 2. The first kappa shape index (κ1) is 11.0. The van der Waals surface area contributed by atoms with E-state index >= 15 is 0 Å². The van der Waals surface area contributed by atoms with Crippen LogP contribution in [0.25, 0.3) is 11.0 Å². The lowest BCUT2D eigenvalue weighted by molar-refractivity contribution is 1.07. The van der Waals surface area contributed by atoms with Gasteiger partial charge in [-0.05, 0) is 37.1 Å². The van der Waals surface area contributed by atoms with E-state index in [1.54, 1.807) is 11.8 Å². The Morgan fingerprint density at radius 1 is 1.38 bits per heavy atom. The maximum Gasteiger partial charge on any atom is 0.166 e. The number of hydrogen-bond acceptors (Lipinski definition) is 3. The van der Waals surface area contributed by atoms with Crippen molar-refractivity contribution in [2.24, 2.45) is 0 Å². The van der Waals surface area contributed by atoms with Gasteiger partial charge in [-0.25, -0.2) is 4.98 Å². The van der Waals surface area contributed by atoms with E-state index in [1.807, 2.05) is 0 Å². The van der Waals surface area contributed by atoms with Crippen molar-refractivity contribution in [1.29, 1.82) is 5.26 Å². The summed E-state index contributed by atoms with van der Waals surface area (Å²) in [6.07, 6.45) is 0.555. The second kappa shape index (κ2) is 4.58. The molecule has 4 heteroatoms. The third kappa shape index (κ3) is 2.20. The Bertz CT molecular complexity index is 512. The summed E-state index contributed by atoms with van der Waals surface area (Å²) in [6, 6.07) is 6.34. The SMILES string of the molecule is Cc1cc2nc(SCCC#N)[nH]c2cc1C. The topological polar surface area (TPSA) is 52.5 Å². The molecular weight excluding hydrogens is 218 g/mol. The molecule has 1 N–H and O–H groups in total. The molecule has 1 heterocycles. The van der Waals surface area contributed by atoms with E-state index in [1.165, 1.54) is 11.1 Å². The Morgan fingerprint density at radius 3 is 2.88 bits per heavy atom. The molecule has 0 amide bonds. The Kier molecular flexibility index (Phi) is 3.16. The molecular formula is C12H13N3S. The van der Waals surface area contributed by atoms with Crippen LogP contribution in [0.4, 0.5) is 0 Å². The lowest BCUT2D eigenvalue weighted by Gasteiger charge is -1.97. The number of nitrogens with zero attached hydrogens (tertiary/aromatic N) is 2. The van der Waals surface area contributed by atoms with Crippen molar-refractivity contribution in [2.45, 2.75) is 25.4 Å². The molecule has 0 fully saturated rings. The summed E-state index contributed by atoms with van der Waals surface area (Å²) < 4.78 is 0. The van der Waals surface area contributed by atoms with Gasteiger partial charge in [-0.3, -0.25) is 0 Å². The van der Waals surface area contributed by atoms with Crippen LogP contribution >= 0.6 is 11.8 Å². The molecule has 0 aliphatic rings. The minimum Gasteiger partial charge on any atom is -0.333 e. The predicted molar refractivity (Wildman–Crippen MR) is 66.5 cm³/mol. The fourth-order valence-corrected chi connectivity index (χ4v) is 2.24. The number of hydrogen-bond donors (Lipinski definition) is 1. The van der Waals surface area contributed by atoms with Crippen LogP contribution in [0.5, 0.6) is 0 Å². The summed E-state index contributed by atoms with van der Waals surface area (Å²) in [5.41, 5.74) is 4.60. The lowest BCUT2D eigenvalue weighted by Crippen LogP contribution is -1.79. The van der Waals surface area contributed by atoms with Crippen molar-refractivity contribution in [3.63, 3.8) is 0 Å². The van der Waals surface area contributed by atoms with Crippen molar-refractivity contribution >= 4 is 22.8 Å². The molecule has 0 bridgehead atoms. The minimum atomic E-state index is 0.555. The summed E-state index contributed by atoms with van der Waals surface area (Å²) in [5.74, 6) is 0.786. The molecule has 0 saturated carbocycles. The molecule has 0 aliphatic heterocycles. The van der Waals surface area contributed by atoms with Crippen LogP contribution < -0.4 is 0 Å². The van der Waals surface area contributed by atoms with E-state index < -0.39 is 0 Å². The van der Waals surface area contributed by atoms with Gasteiger partial charge in [0.2, 0.25) is 0 Å². The number of rotatable bonds is 3. The maximum atomic E-state index is 8.46. The highest BCUT2D eigenvalue weighted by atomic mass is 32.2. The molecule has 0 saturated heterocycles. The van der Waals surface area contributed by atoms with Gasteiger partial charge in [-0.2, -0.15) is 5.26 Å². The molecule has 1 aromatic carbocycles. The first-order valence-electron chi connectivity index (χ1n) is 5.17. The van der Waals surface area contributed by atoms with Gasteiger partial charge in [-0.1, -0.05) is 11.8 Å². The van der Waals surface area contributed by atoms with Crippen molar-refractivity contribution in [3.05, 3.63) is 23.3 Å². The van der Waals surface area contributed by atoms with Gasteiger partial charge in [-0.15, -0.1) is 0 Å². The van der Waals surface area contributed by atoms with Crippen LogP contribution in [-0.4, -0.2) is 15.7 Å². The van der Waals surface area contributed by atoms with E-state index in [-0.39, 0.29) is 0 Å². The zero-order chi connectivity index (χ0) is 11.5. The number of thioether (sulfide) groups is 1. The third-order valence-corrected chi connectivity index (χ3v) is 3.40. The zero-order valence-electron chi connectivity index (χ0n) is 9.37. The number of aromatic nitrogens is 2. The van der Waals surface area contributed by atoms with E-state index in [0.29, 0.717) is 6.42 Å². The Morgan fingerprint density at radius 2 is 2.12 bits per heavy atom. The second-order valence-corrected chi connectivity index (χ2v) is 4.84. The predicted octanol–water partition coefficient (Wildman–Crippen LogP) is 3.19. The van der Waals surface area contributed by atoms with E-state index in [9.17, 15) is 0 Å². The van der Waals surface area contributed by atoms with Crippen molar-refractivity contribution in [1.82, 2.24) is 9.97 Å². The highest BCUT2D eigenvalue weighted by molar-refractivity contribution is 7.99. The number of imidazole rings is 1. The normalized spacial score (nSPS) is 10.6. The fourth-order valence-electron chi connectivity index (χ4n) is 1.51. The molecule has 3 nitrogen and oxygen atoms in total. The van der Waals surface area contributed by atoms with Crippen LogP contribution in [0.3, 0.4) is 0 Å². The van der Waals surface area contributed by atoms with Crippen LogP contribution in [0.1, 0.15) is 17.5 Å². The highest BCUT2D eigenvalue weighted by Crippen LogP contribution is 2.22. The molecule has 0 radical (unpaired) electrons. The Labute approximate surface area is 98.9 Å². The molecule has 2 rings (SSSR count). The average molecular weight is 231 g/mol. The standard InChI is InChI=1S/C12H13N3S/c1-8-6-10-11(7-9(8)2)15-12(14-10)16-5-3-4-13/h6-7H,3,5H2,1-2H3,(H,14,15). The van der Waals surface area contributed by atoms with Crippen molar-refractivity contribution in [3.8, 4) is 6.07 Å². The zero-order valence-corrected chi connectivity index (χ0v) is 10.2. The van der Waals surface area contributed by atoms with Crippen LogP contribution in [0.15, 0.2) is 17.3 Å². The number of benzene rings is 1. The maximum absolute atomic E-state index is 8.46. The first-order valence-corrected chi connectivity index (χ1v) is 6.16. The number of H-pyrrole nitrogens is 1. The van der Waals surface area contributed by atoms with Crippen LogP contribution in [0, 0.1) is 25.2 Å². The summed E-state index contributed by atoms with van der Waals surface area (Å²) in [5, 5.41) is 9.36. The number of fused-ring (bicyclic) bond motifs is 1. The van der Waals surface area contributed by atoms with Gasteiger partial charge in [0.15, 0.2) is 5.16 Å². The lowest BCUT2D eigenvalue weighted by atomic mass is 10.1. The van der Waals surface area contributed by atoms with E-state index in [4.69, 9.17) is 5.26 Å². The van der Waals surface area contributed by atoms with Crippen LogP contribution in [-0.2, 0) is 0 Å². The van der Waals surface area contributed by atoms with Gasteiger partial charge < -0.3 is 4.98 Å². The first-order chi connectivity index (χ1) is 7.70. The van der Waals surface area contributed by atoms with Gasteiger partial charge >= 0.3 is 0 Å². The Balaban J connectivity index is 2.27. The van der Waals surface area contributed by atoms with Crippen molar-refractivity contribution < 1.29 is 0 Å². The van der Waals surface area contributed by atoms with Gasteiger partial charge in [0.1, 0.15) is 0 Å².